The number of nitrogens with one attached hydrogen (secondary N) is 1. The van der Waals surface area contributed by atoms with Gasteiger partial charge in [-0.3, -0.25) is 0 Å². The third-order valence-electron chi connectivity index (χ3n) is 2.72. The van der Waals surface area contributed by atoms with Crippen LogP contribution in [0.2, 0.25) is 5.15 Å². The molecule has 0 amide bonds. The van der Waals surface area contributed by atoms with E-state index in [0.29, 0.717) is 17.4 Å². The van der Waals surface area contributed by atoms with Crippen molar-refractivity contribution in [1.29, 1.82) is 0 Å². The molecule has 0 aliphatic heterocycles. The summed E-state index contributed by atoms with van der Waals surface area (Å²) >= 11 is 6.01. The van der Waals surface area contributed by atoms with Crippen molar-refractivity contribution in [3.63, 3.8) is 0 Å². The van der Waals surface area contributed by atoms with E-state index >= 15 is 0 Å². The van der Waals surface area contributed by atoms with E-state index in [9.17, 15) is 5.11 Å². The number of aliphatic hydroxyl groups is 1. The number of benzene rings is 1. The minimum absolute atomic E-state index is 0.115. The molecular weight excluding hydrogens is 250 g/mol. The number of halogens is 1. The first-order valence-electron chi connectivity index (χ1n) is 5.93. The third-order valence-corrected chi connectivity index (χ3v) is 3.00. The maximum absolute atomic E-state index is 9.36. The van der Waals surface area contributed by atoms with E-state index in [0.717, 1.165) is 10.8 Å². The number of fused-ring (bicyclic) bond motifs is 1. The van der Waals surface area contributed by atoms with Gasteiger partial charge in [0.25, 0.3) is 0 Å². The molecule has 0 spiro atoms. The number of aliphatic hydroxyl groups excluding tert-OH is 1. The molecule has 0 saturated heterocycles. The fourth-order valence-corrected chi connectivity index (χ4v) is 2.18. The lowest BCUT2D eigenvalue weighted by Crippen LogP contribution is -2.21. The summed E-state index contributed by atoms with van der Waals surface area (Å²) in [5.41, 5.74) is 0. The second-order valence-electron chi connectivity index (χ2n) is 4.52. The summed E-state index contributed by atoms with van der Waals surface area (Å²) in [5.74, 6) is 0.697. The van der Waals surface area contributed by atoms with Crippen LogP contribution in [0.25, 0.3) is 10.8 Å². The number of hydrogen-bond donors (Lipinski definition) is 2. The Morgan fingerprint density at radius 1 is 1.22 bits per heavy atom. The lowest BCUT2D eigenvalue weighted by atomic mass is 10.1. The Morgan fingerprint density at radius 3 is 2.56 bits per heavy atom. The van der Waals surface area contributed by atoms with E-state index < -0.39 is 0 Å². The van der Waals surface area contributed by atoms with Gasteiger partial charge >= 0.3 is 0 Å². The lowest BCUT2D eigenvalue weighted by Gasteiger charge is -2.16. The van der Waals surface area contributed by atoms with Crippen LogP contribution in [0.3, 0.4) is 0 Å². The number of aromatic nitrogens is 2. The van der Waals surface area contributed by atoms with E-state index in [2.05, 4.69) is 15.5 Å². The third kappa shape index (κ3) is 2.89. The molecule has 0 fully saturated rings. The average molecular weight is 266 g/mol. The SMILES string of the molecule is CC(O)CC(C)Nc1nnc(Cl)c2ccccc12. The fraction of sp³-hybridized carbons (Fsp3) is 0.385. The molecule has 18 heavy (non-hydrogen) atoms. The molecule has 0 bridgehead atoms. The van der Waals surface area contributed by atoms with Crippen molar-refractivity contribution in [3.05, 3.63) is 29.4 Å². The van der Waals surface area contributed by atoms with Gasteiger partial charge in [-0.1, -0.05) is 35.9 Å². The molecule has 4 nitrogen and oxygen atoms in total. The molecule has 2 unspecified atom stereocenters. The summed E-state index contributed by atoms with van der Waals surface area (Å²) in [5, 5.41) is 22.8. The molecule has 1 aromatic carbocycles. The predicted molar refractivity (Wildman–Crippen MR) is 73.9 cm³/mol. The highest BCUT2D eigenvalue weighted by Gasteiger charge is 2.11. The Hall–Kier alpha value is -1.39. The predicted octanol–water partition coefficient (Wildman–Crippen LogP) is 2.85. The number of hydrogen-bond acceptors (Lipinski definition) is 4. The molecule has 0 saturated carbocycles. The zero-order valence-corrected chi connectivity index (χ0v) is 11.1. The monoisotopic (exact) mass is 265 g/mol. The molecule has 1 heterocycles. The van der Waals surface area contributed by atoms with E-state index in [1.807, 2.05) is 31.2 Å². The summed E-state index contributed by atoms with van der Waals surface area (Å²) in [6, 6.07) is 7.83. The lowest BCUT2D eigenvalue weighted by molar-refractivity contribution is 0.179. The molecule has 0 aliphatic rings. The van der Waals surface area contributed by atoms with Gasteiger partial charge in [-0.05, 0) is 20.3 Å². The van der Waals surface area contributed by atoms with E-state index in [1.165, 1.54) is 0 Å². The van der Waals surface area contributed by atoms with Crippen molar-refractivity contribution in [2.45, 2.75) is 32.4 Å². The van der Waals surface area contributed by atoms with Crippen LogP contribution in [0, 0.1) is 0 Å². The van der Waals surface area contributed by atoms with Gasteiger partial charge in [0.05, 0.1) is 6.10 Å². The molecule has 2 N–H and O–H groups in total. The topological polar surface area (TPSA) is 58.0 Å². The Kier molecular flexibility index (Phi) is 3.99. The van der Waals surface area contributed by atoms with Gasteiger partial charge in [0, 0.05) is 16.8 Å². The van der Waals surface area contributed by atoms with Crippen LogP contribution in [0.15, 0.2) is 24.3 Å². The Labute approximate surface area is 111 Å². The summed E-state index contributed by atoms with van der Waals surface area (Å²) in [6.07, 6.45) is 0.303. The van der Waals surface area contributed by atoms with Crippen molar-refractivity contribution >= 4 is 28.2 Å². The van der Waals surface area contributed by atoms with Gasteiger partial charge in [-0.15, -0.1) is 10.2 Å². The van der Waals surface area contributed by atoms with Crippen molar-refractivity contribution in [2.75, 3.05) is 5.32 Å². The van der Waals surface area contributed by atoms with Crippen LogP contribution < -0.4 is 5.32 Å². The van der Waals surface area contributed by atoms with Crippen LogP contribution >= 0.6 is 11.6 Å². The van der Waals surface area contributed by atoms with E-state index in [-0.39, 0.29) is 12.1 Å². The Bertz CT molecular complexity index is 545. The molecule has 1 aromatic heterocycles. The fourth-order valence-electron chi connectivity index (χ4n) is 1.98. The first-order valence-corrected chi connectivity index (χ1v) is 6.31. The van der Waals surface area contributed by atoms with Gasteiger partial charge in [-0.25, -0.2) is 0 Å². The first-order chi connectivity index (χ1) is 8.58. The zero-order chi connectivity index (χ0) is 13.1. The smallest absolute Gasteiger partial charge is 0.159 e. The second-order valence-corrected chi connectivity index (χ2v) is 4.87. The maximum atomic E-state index is 9.36. The number of nitrogens with zero attached hydrogens (tertiary/aromatic N) is 2. The Morgan fingerprint density at radius 2 is 1.89 bits per heavy atom. The van der Waals surface area contributed by atoms with E-state index in [1.54, 1.807) is 6.92 Å². The van der Waals surface area contributed by atoms with Crippen molar-refractivity contribution in [2.24, 2.45) is 0 Å². The Balaban J connectivity index is 2.31. The number of anilines is 1. The highest BCUT2D eigenvalue weighted by atomic mass is 35.5. The van der Waals surface area contributed by atoms with E-state index in [4.69, 9.17) is 11.6 Å². The molecule has 0 radical (unpaired) electrons. The minimum atomic E-state index is -0.348. The molecule has 5 heteroatoms. The van der Waals surface area contributed by atoms with Gasteiger partial charge in [0.15, 0.2) is 11.0 Å². The van der Waals surface area contributed by atoms with Crippen molar-refractivity contribution < 1.29 is 5.11 Å². The molecule has 0 aliphatic carbocycles. The highest BCUT2D eigenvalue weighted by molar-refractivity contribution is 6.34. The van der Waals surface area contributed by atoms with Crippen molar-refractivity contribution in [3.8, 4) is 0 Å². The highest BCUT2D eigenvalue weighted by Crippen LogP contribution is 2.26. The van der Waals surface area contributed by atoms with Gasteiger partial charge in [-0.2, -0.15) is 0 Å². The minimum Gasteiger partial charge on any atom is -0.393 e. The summed E-state index contributed by atoms with van der Waals surface area (Å²) < 4.78 is 0. The standard InChI is InChI=1S/C13H16ClN3O/c1-8(7-9(2)18)15-13-11-6-4-3-5-10(11)12(14)16-17-13/h3-6,8-9,18H,7H2,1-2H3,(H,15,17). The van der Waals surface area contributed by atoms with Gasteiger partial charge < -0.3 is 10.4 Å². The van der Waals surface area contributed by atoms with Crippen LogP contribution in [0.1, 0.15) is 20.3 Å². The molecular formula is C13H16ClN3O. The summed E-state index contributed by atoms with van der Waals surface area (Å²) in [7, 11) is 0. The summed E-state index contributed by atoms with van der Waals surface area (Å²) in [4.78, 5) is 0. The van der Waals surface area contributed by atoms with Crippen LogP contribution in [0.4, 0.5) is 5.82 Å². The maximum Gasteiger partial charge on any atom is 0.159 e. The van der Waals surface area contributed by atoms with Gasteiger partial charge in [0.2, 0.25) is 0 Å². The van der Waals surface area contributed by atoms with Crippen LogP contribution in [-0.2, 0) is 0 Å². The average Bonchev–Trinajstić information content (AvgIpc) is 2.32. The summed E-state index contributed by atoms with van der Waals surface area (Å²) in [6.45, 7) is 3.77. The first kappa shape index (κ1) is 13.1. The van der Waals surface area contributed by atoms with Crippen LogP contribution in [-0.4, -0.2) is 27.4 Å². The molecule has 96 valence electrons. The normalized spacial score (nSPS) is 14.4. The molecule has 2 aromatic rings. The number of rotatable bonds is 4. The second kappa shape index (κ2) is 5.50. The van der Waals surface area contributed by atoms with Gasteiger partial charge in [0.1, 0.15) is 0 Å². The zero-order valence-electron chi connectivity index (χ0n) is 10.4. The quantitative estimate of drug-likeness (QED) is 0.893. The van der Waals surface area contributed by atoms with Crippen molar-refractivity contribution in [1.82, 2.24) is 10.2 Å². The largest absolute Gasteiger partial charge is 0.393 e. The van der Waals surface area contributed by atoms with Crippen LogP contribution in [0.5, 0.6) is 0 Å². The molecule has 2 rings (SSSR count). The molecule has 2 atom stereocenters.